The van der Waals surface area contributed by atoms with Crippen LogP contribution in [0.2, 0.25) is 0 Å². The van der Waals surface area contributed by atoms with Gasteiger partial charge in [-0.05, 0) is 6.92 Å². The summed E-state index contributed by atoms with van der Waals surface area (Å²) in [6.45, 7) is 6.61. The third kappa shape index (κ3) is 6.10. The summed E-state index contributed by atoms with van der Waals surface area (Å²) in [5.41, 5.74) is 0. The van der Waals surface area contributed by atoms with Crippen molar-refractivity contribution in [2.24, 2.45) is 0 Å². The summed E-state index contributed by atoms with van der Waals surface area (Å²) in [6.07, 6.45) is 2.39. The highest BCUT2D eigenvalue weighted by Crippen LogP contribution is 2.11. The average Bonchev–Trinajstić information content (AvgIpc) is 2.29. The normalized spacial score (nSPS) is 12.0. The standard InChI is InChI=1S/C11H26NO3/c1-2-12(6-3-9-13,7-4-10-14)8-5-11-15/h13-15H,2-11H2,1H3/q+1. The van der Waals surface area contributed by atoms with Crippen molar-refractivity contribution in [2.75, 3.05) is 46.0 Å². The van der Waals surface area contributed by atoms with Crippen molar-refractivity contribution in [1.29, 1.82) is 0 Å². The molecule has 0 heterocycles. The van der Waals surface area contributed by atoms with Crippen molar-refractivity contribution < 1.29 is 19.8 Å². The SMILES string of the molecule is CC[N+](CCCO)(CCCO)CCCO. The van der Waals surface area contributed by atoms with Crippen LogP contribution in [0, 0.1) is 0 Å². The predicted octanol–water partition coefficient (Wildman–Crippen LogP) is -0.0297. The number of hydrogen-bond acceptors (Lipinski definition) is 3. The van der Waals surface area contributed by atoms with Crippen LogP contribution in [0.3, 0.4) is 0 Å². The van der Waals surface area contributed by atoms with Crippen molar-refractivity contribution in [3.63, 3.8) is 0 Å². The van der Waals surface area contributed by atoms with Crippen molar-refractivity contribution in [3.05, 3.63) is 0 Å². The zero-order chi connectivity index (χ0) is 11.6. The van der Waals surface area contributed by atoms with E-state index in [9.17, 15) is 0 Å². The Kier molecular flexibility index (Phi) is 9.00. The first-order valence-electron chi connectivity index (χ1n) is 5.92. The molecular formula is C11H26NO3+. The predicted molar refractivity (Wildman–Crippen MR) is 60.5 cm³/mol. The molecule has 3 N–H and O–H groups in total. The van der Waals surface area contributed by atoms with Crippen LogP contribution in [-0.2, 0) is 0 Å². The molecule has 0 spiro atoms. The van der Waals surface area contributed by atoms with Gasteiger partial charge in [0.25, 0.3) is 0 Å². The molecule has 0 rings (SSSR count). The number of quaternary nitrogens is 1. The largest absolute Gasteiger partial charge is 0.396 e. The molecule has 0 aliphatic carbocycles. The van der Waals surface area contributed by atoms with Crippen molar-refractivity contribution >= 4 is 0 Å². The van der Waals surface area contributed by atoms with Gasteiger partial charge in [0.2, 0.25) is 0 Å². The van der Waals surface area contributed by atoms with E-state index < -0.39 is 0 Å². The third-order valence-corrected chi connectivity index (χ3v) is 3.04. The van der Waals surface area contributed by atoms with Crippen molar-refractivity contribution in [1.82, 2.24) is 0 Å². The van der Waals surface area contributed by atoms with E-state index in [0.717, 1.165) is 49.9 Å². The lowest BCUT2D eigenvalue weighted by Crippen LogP contribution is -2.50. The second-order valence-corrected chi connectivity index (χ2v) is 4.06. The van der Waals surface area contributed by atoms with Crippen LogP contribution in [-0.4, -0.2) is 65.8 Å². The second kappa shape index (κ2) is 9.09. The number of rotatable bonds is 10. The molecule has 0 bridgehead atoms. The lowest BCUT2D eigenvalue weighted by molar-refractivity contribution is -0.927. The summed E-state index contributed by atoms with van der Waals surface area (Å²) >= 11 is 0. The van der Waals surface area contributed by atoms with Gasteiger partial charge in [0.15, 0.2) is 0 Å². The highest BCUT2D eigenvalue weighted by molar-refractivity contribution is 4.46. The first-order valence-corrected chi connectivity index (χ1v) is 5.92. The molecule has 0 aromatic heterocycles. The van der Waals surface area contributed by atoms with E-state index in [-0.39, 0.29) is 19.8 Å². The molecular weight excluding hydrogens is 194 g/mol. The smallest absolute Gasteiger partial charge is 0.0808 e. The minimum atomic E-state index is 0.220. The second-order valence-electron chi connectivity index (χ2n) is 4.06. The Morgan fingerprint density at radius 1 is 0.733 bits per heavy atom. The molecule has 0 aliphatic rings. The Balaban J connectivity index is 4.16. The maximum Gasteiger partial charge on any atom is 0.0808 e. The summed E-state index contributed by atoms with van der Waals surface area (Å²) in [5.74, 6) is 0. The molecule has 0 radical (unpaired) electrons. The minimum absolute atomic E-state index is 0.220. The summed E-state index contributed by atoms with van der Waals surface area (Å²) in [4.78, 5) is 0. The first kappa shape index (κ1) is 14.8. The maximum absolute atomic E-state index is 8.87. The van der Waals surface area contributed by atoms with Gasteiger partial charge in [-0.3, -0.25) is 0 Å². The molecule has 0 aromatic rings. The van der Waals surface area contributed by atoms with Crippen LogP contribution in [0.25, 0.3) is 0 Å². The number of hydrogen-bond donors (Lipinski definition) is 3. The molecule has 4 nitrogen and oxygen atoms in total. The quantitative estimate of drug-likeness (QED) is 0.453. The lowest BCUT2D eigenvalue weighted by Gasteiger charge is -2.37. The van der Waals surface area contributed by atoms with E-state index in [2.05, 4.69) is 6.92 Å². The fraction of sp³-hybridized carbons (Fsp3) is 1.00. The molecule has 15 heavy (non-hydrogen) atoms. The van der Waals surface area contributed by atoms with E-state index in [1.807, 2.05) is 0 Å². The topological polar surface area (TPSA) is 60.7 Å². The zero-order valence-corrected chi connectivity index (χ0v) is 9.86. The van der Waals surface area contributed by atoms with Gasteiger partial charge in [-0.15, -0.1) is 0 Å². The van der Waals surface area contributed by atoms with Crippen LogP contribution < -0.4 is 0 Å². The molecule has 92 valence electrons. The number of nitrogens with zero attached hydrogens (tertiary/aromatic N) is 1. The molecule has 0 aromatic carbocycles. The molecule has 0 saturated carbocycles. The van der Waals surface area contributed by atoms with E-state index in [4.69, 9.17) is 15.3 Å². The summed E-state index contributed by atoms with van der Waals surface area (Å²) in [5, 5.41) is 26.6. The van der Waals surface area contributed by atoms with E-state index in [1.54, 1.807) is 0 Å². The molecule has 0 fully saturated rings. The first-order chi connectivity index (χ1) is 7.24. The fourth-order valence-electron chi connectivity index (χ4n) is 2.03. The molecule has 0 atom stereocenters. The van der Waals surface area contributed by atoms with Crippen LogP contribution in [0.1, 0.15) is 26.2 Å². The Morgan fingerprint density at radius 3 is 1.27 bits per heavy atom. The van der Waals surface area contributed by atoms with E-state index in [1.165, 1.54) is 0 Å². The molecule has 4 heteroatoms. The fourth-order valence-corrected chi connectivity index (χ4v) is 2.03. The number of aliphatic hydroxyl groups excluding tert-OH is 3. The Labute approximate surface area is 92.7 Å². The van der Waals surface area contributed by atoms with Gasteiger partial charge in [-0.2, -0.15) is 0 Å². The highest BCUT2D eigenvalue weighted by atomic mass is 16.3. The summed E-state index contributed by atoms with van der Waals surface area (Å²) in [6, 6.07) is 0. The van der Waals surface area contributed by atoms with Gasteiger partial charge in [-0.25, -0.2) is 0 Å². The van der Waals surface area contributed by atoms with Crippen LogP contribution >= 0.6 is 0 Å². The molecule has 0 aliphatic heterocycles. The zero-order valence-electron chi connectivity index (χ0n) is 9.86. The lowest BCUT2D eigenvalue weighted by atomic mass is 10.2. The Hall–Kier alpha value is -0.160. The van der Waals surface area contributed by atoms with Crippen molar-refractivity contribution in [3.8, 4) is 0 Å². The van der Waals surface area contributed by atoms with Gasteiger partial charge in [0.1, 0.15) is 0 Å². The van der Waals surface area contributed by atoms with Crippen LogP contribution in [0.4, 0.5) is 0 Å². The molecule has 0 saturated heterocycles. The van der Waals surface area contributed by atoms with E-state index >= 15 is 0 Å². The van der Waals surface area contributed by atoms with Gasteiger partial charge >= 0.3 is 0 Å². The Morgan fingerprint density at radius 2 is 1.07 bits per heavy atom. The minimum Gasteiger partial charge on any atom is -0.396 e. The third-order valence-electron chi connectivity index (χ3n) is 3.04. The van der Waals surface area contributed by atoms with Gasteiger partial charge in [0.05, 0.1) is 26.2 Å². The maximum atomic E-state index is 8.87. The van der Waals surface area contributed by atoms with Crippen molar-refractivity contribution in [2.45, 2.75) is 26.2 Å². The number of aliphatic hydroxyl groups is 3. The average molecular weight is 220 g/mol. The molecule has 0 unspecified atom stereocenters. The Bertz CT molecular complexity index is 120. The van der Waals surface area contributed by atoms with Crippen LogP contribution in [0.5, 0.6) is 0 Å². The van der Waals surface area contributed by atoms with Crippen LogP contribution in [0.15, 0.2) is 0 Å². The van der Waals surface area contributed by atoms with Gasteiger partial charge in [-0.1, -0.05) is 0 Å². The van der Waals surface area contributed by atoms with Gasteiger partial charge in [0, 0.05) is 39.1 Å². The van der Waals surface area contributed by atoms with Gasteiger partial charge < -0.3 is 19.8 Å². The highest BCUT2D eigenvalue weighted by Gasteiger charge is 2.23. The van der Waals surface area contributed by atoms with E-state index in [0.29, 0.717) is 0 Å². The monoisotopic (exact) mass is 220 g/mol. The molecule has 0 amide bonds. The summed E-state index contributed by atoms with van der Waals surface area (Å²) < 4.78 is 0.904. The summed E-state index contributed by atoms with van der Waals surface area (Å²) in [7, 11) is 0.